The largest absolute Gasteiger partial charge is 0.477 e. The maximum Gasteiger partial charge on any atom is 0.352 e. The first kappa shape index (κ1) is 12.1. The Hall–Kier alpha value is -1.38. The van der Waals surface area contributed by atoms with Crippen LogP contribution in [0.2, 0.25) is 0 Å². The van der Waals surface area contributed by atoms with Crippen LogP contribution in [0.1, 0.15) is 29.4 Å². The van der Waals surface area contributed by atoms with Gasteiger partial charge in [-0.2, -0.15) is 0 Å². The van der Waals surface area contributed by atoms with Crippen LogP contribution in [0.25, 0.3) is 0 Å². The number of hydrogen-bond donors (Lipinski definition) is 2. The van der Waals surface area contributed by atoms with Gasteiger partial charge in [0.15, 0.2) is 0 Å². The first-order valence-electron chi connectivity index (χ1n) is 4.95. The Kier molecular flexibility index (Phi) is 2.94. The molecule has 0 amide bonds. The third kappa shape index (κ3) is 2.33. The Morgan fingerprint density at radius 2 is 2.24 bits per heavy atom. The number of rotatable bonds is 5. The Morgan fingerprint density at radius 3 is 2.71 bits per heavy atom. The molecular weight excluding hydrogens is 248 g/mol. The molecule has 1 saturated carbocycles. The summed E-state index contributed by atoms with van der Waals surface area (Å²) in [6, 6.07) is 1.22. The summed E-state index contributed by atoms with van der Waals surface area (Å²) in [5.74, 6) is -1.14. The van der Waals surface area contributed by atoms with Gasteiger partial charge in [-0.15, -0.1) is 0 Å². The monoisotopic (exact) mass is 260 g/mol. The van der Waals surface area contributed by atoms with E-state index in [1.807, 2.05) is 4.89 Å². The Morgan fingerprint density at radius 1 is 1.59 bits per heavy atom. The molecule has 0 aromatic carbocycles. The van der Waals surface area contributed by atoms with Crippen LogP contribution in [0.4, 0.5) is 0 Å². The van der Waals surface area contributed by atoms with Crippen molar-refractivity contribution in [3.05, 3.63) is 18.0 Å². The molecule has 1 aromatic heterocycles. The van der Waals surface area contributed by atoms with Crippen molar-refractivity contribution in [2.75, 3.05) is 7.11 Å². The van der Waals surface area contributed by atoms with Crippen molar-refractivity contribution < 1.29 is 23.2 Å². The molecule has 0 aliphatic heterocycles. The van der Waals surface area contributed by atoms with Crippen LogP contribution in [-0.2, 0) is 14.9 Å². The number of nitrogens with one attached hydrogen (secondary N) is 1. The normalized spacial score (nSPS) is 16.1. The zero-order valence-electron chi connectivity index (χ0n) is 9.08. The van der Waals surface area contributed by atoms with Gasteiger partial charge in [-0.3, -0.25) is 4.84 Å². The van der Waals surface area contributed by atoms with Crippen LogP contribution in [0.5, 0.6) is 0 Å². The first-order chi connectivity index (χ1) is 7.95. The van der Waals surface area contributed by atoms with Gasteiger partial charge in [-0.05, 0) is 18.9 Å². The van der Waals surface area contributed by atoms with Crippen LogP contribution in [0.15, 0.2) is 17.2 Å². The predicted molar refractivity (Wildman–Crippen MR) is 57.0 cm³/mol. The van der Waals surface area contributed by atoms with E-state index in [0.29, 0.717) is 0 Å². The quantitative estimate of drug-likeness (QED) is 0.745. The number of sulfonamides is 1. The second-order valence-corrected chi connectivity index (χ2v) is 5.44. The average Bonchev–Trinajstić information content (AvgIpc) is 2.96. The van der Waals surface area contributed by atoms with Crippen molar-refractivity contribution >= 4 is 16.0 Å². The minimum Gasteiger partial charge on any atom is -0.477 e. The second kappa shape index (κ2) is 4.13. The summed E-state index contributed by atoms with van der Waals surface area (Å²) in [6.07, 6.45) is 3.06. The third-order valence-corrected chi connectivity index (χ3v) is 3.72. The maximum atomic E-state index is 11.6. The second-order valence-electron chi connectivity index (χ2n) is 3.80. The Labute approximate surface area is 98.0 Å². The lowest BCUT2D eigenvalue weighted by molar-refractivity contribution is 0.0685. The van der Waals surface area contributed by atoms with E-state index in [1.54, 1.807) is 0 Å². The van der Waals surface area contributed by atoms with Crippen LogP contribution in [-0.4, -0.2) is 31.2 Å². The molecule has 2 N–H and O–H groups in total. The molecule has 8 heteroatoms. The van der Waals surface area contributed by atoms with E-state index in [4.69, 9.17) is 5.11 Å². The number of hydrogen-bond acceptors (Lipinski definition) is 4. The molecule has 0 unspecified atom stereocenters. The maximum absolute atomic E-state index is 11.6. The van der Waals surface area contributed by atoms with Gasteiger partial charge in [0.05, 0.1) is 7.11 Å². The summed E-state index contributed by atoms with van der Waals surface area (Å²) in [5.41, 5.74) is -0.0241. The van der Waals surface area contributed by atoms with Crippen LogP contribution in [0, 0.1) is 0 Å². The van der Waals surface area contributed by atoms with Gasteiger partial charge in [0, 0.05) is 12.2 Å². The number of carbonyl (C=O) groups is 1. The number of carboxylic acids is 1. The van der Waals surface area contributed by atoms with Crippen molar-refractivity contribution in [1.29, 1.82) is 0 Å². The molecule has 0 atom stereocenters. The lowest BCUT2D eigenvalue weighted by Gasteiger charge is -2.02. The van der Waals surface area contributed by atoms with E-state index >= 15 is 0 Å². The summed E-state index contributed by atoms with van der Waals surface area (Å²) in [4.78, 5) is 17.1. The highest BCUT2D eigenvalue weighted by atomic mass is 32.2. The molecule has 2 rings (SSSR count). The number of aromatic carboxylic acids is 1. The standard InChI is InChI=1S/C9H12N2O5S/c1-16-10-17(14,15)7-4-8(9(12)13)11(5-7)6-2-3-6/h4-6,10H,2-3H2,1H3,(H,12,13). The van der Waals surface area contributed by atoms with Crippen LogP contribution >= 0.6 is 0 Å². The van der Waals surface area contributed by atoms with Gasteiger partial charge in [-0.1, -0.05) is 4.89 Å². The number of aromatic nitrogens is 1. The fourth-order valence-corrected chi connectivity index (χ4v) is 2.42. The molecule has 1 fully saturated rings. The van der Waals surface area contributed by atoms with E-state index in [0.717, 1.165) is 18.9 Å². The van der Waals surface area contributed by atoms with Gasteiger partial charge < -0.3 is 9.67 Å². The summed E-state index contributed by atoms with van der Waals surface area (Å²) in [7, 11) is -2.63. The Bertz CT molecular complexity index is 544. The molecule has 1 aliphatic rings. The van der Waals surface area contributed by atoms with E-state index in [-0.39, 0.29) is 16.6 Å². The van der Waals surface area contributed by atoms with E-state index < -0.39 is 16.0 Å². The minimum absolute atomic E-state index is 0.0241. The fourth-order valence-electron chi connectivity index (χ4n) is 1.58. The molecule has 0 spiro atoms. The van der Waals surface area contributed by atoms with E-state index in [9.17, 15) is 13.2 Å². The van der Waals surface area contributed by atoms with E-state index in [1.165, 1.54) is 17.9 Å². The van der Waals surface area contributed by atoms with Crippen LogP contribution in [0.3, 0.4) is 0 Å². The molecule has 1 aliphatic carbocycles. The number of carboxylic acid groups (broad SMARTS) is 1. The molecule has 0 saturated heterocycles. The molecule has 1 heterocycles. The van der Waals surface area contributed by atoms with Gasteiger partial charge in [0.2, 0.25) is 0 Å². The minimum atomic E-state index is -3.81. The molecular formula is C9H12N2O5S. The highest BCUT2D eigenvalue weighted by Crippen LogP contribution is 2.37. The van der Waals surface area contributed by atoms with Crippen molar-refractivity contribution in [3.63, 3.8) is 0 Å². The van der Waals surface area contributed by atoms with Crippen molar-refractivity contribution in [1.82, 2.24) is 9.45 Å². The van der Waals surface area contributed by atoms with Gasteiger partial charge in [-0.25, -0.2) is 13.2 Å². The molecule has 1 aromatic rings. The number of nitrogens with zero attached hydrogens (tertiary/aromatic N) is 1. The van der Waals surface area contributed by atoms with Gasteiger partial charge in [0.1, 0.15) is 10.6 Å². The molecule has 17 heavy (non-hydrogen) atoms. The molecule has 94 valence electrons. The van der Waals surface area contributed by atoms with Crippen molar-refractivity contribution in [3.8, 4) is 0 Å². The summed E-state index contributed by atoms with van der Waals surface area (Å²) in [5, 5.41) is 8.98. The smallest absolute Gasteiger partial charge is 0.352 e. The highest BCUT2D eigenvalue weighted by molar-refractivity contribution is 7.89. The Balaban J connectivity index is 2.43. The lowest BCUT2D eigenvalue weighted by atomic mass is 10.4. The summed E-state index contributed by atoms with van der Waals surface area (Å²) in [6.45, 7) is 0. The van der Waals surface area contributed by atoms with Gasteiger partial charge in [0.25, 0.3) is 10.0 Å². The topological polar surface area (TPSA) is 97.6 Å². The average molecular weight is 260 g/mol. The van der Waals surface area contributed by atoms with E-state index in [2.05, 4.69) is 4.84 Å². The third-order valence-electron chi connectivity index (χ3n) is 2.49. The zero-order chi connectivity index (χ0) is 12.6. The fraction of sp³-hybridized carbons (Fsp3) is 0.444. The van der Waals surface area contributed by atoms with Crippen molar-refractivity contribution in [2.24, 2.45) is 0 Å². The van der Waals surface area contributed by atoms with Crippen molar-refractivity contribution in [2.45, 2.75) is 23.8 Å². The van der Waals surface area contributed by atoms with Gasteiger partial charge >= 0.3 is 5.97 Å². The summed E-state index contributed by atoms with van der Waals surface area (Å²) >= 11 is 0. The summed E-state index contributed by atoms with van der Waals surface area (Å²) < 4.78 is 24.7. The highest BCUT2D eigenvalue weighted by Gasteiger charge is 2.30. The van der Waals surface area contributed by atoms with Crippen LogP contribution < -0.4 is 4.89 Å². The molecule has 7 nitrogen and oxygen atoms in total. The first-order valence-corrected chi connectivity index (χ1v) is 6.44. The zero-order valence-corrected chi connectivity index (χ0v) is 9.90. The molecule has 0 bridgehead atoms. The SMILES string of the molecule is CONS(=O)(=O)c1cc(C(=O)O)n(C2CC2)c1. The lowest BCUT2D eigenvalue weighted by Crippen LogP contribution is -2.21. The molecule has 0 radical (unpaired) electrons. The predicted octanol–water partition coefficient (Wildman–Crippen LogP) is 0.361.